The first-order chi connectivity index (χ1) is 21.2. The van der Waals surface area contributed by atoms with Crippen LogP contribution in [0, 0.1) is 11.8 Å². The summed E-state index contributed by atoms with van der Waals surface area (Å²) in [7, 11) is -4.53. The zero-order valence-corrected chi connectivity index (χ0v) is 26.0. The number of nitrogens with zero attached hydrogens (tertiary/aromatic N) is 3. The van der Waals surface area contributed by atoms with Crippen LogP contribution in [0.3, 0.4) is 0 Å². The SMILES string of the molecule is CN(C)CCOc1ccc(C(F)(F)F)cc1S(=O)(=O)NCCC#Cc1cnc2nc1NCCCNS(=O)(=O)c1cccc(c1)N2. The van der Waals surface area contributed by atoms with E-state index in [-0.39, 0.29) is 42.7 Å². The summed E-state index contributed by atoms with van der Waals surface area (Å²) in [5.74, 6) is 6.09. The lowest BCUT2D eigenvalue weighted by atomic mass is 10.2. The maximum Gasteiger partial charge on any atom is 0.416 e. The molecule has 0 fully saturated rings. The second-order valence-corrected chi connectivity index (χ2v) is 13.5. The molecule has 0 unspecified atom stereocenters. The molecule has 1 aliphatic heterocycles. The first-order valence-electron chi connectivity index (χ1n) is 13.7. The van der Waals surface area contributed by atoms with E-state index in [4.69, 9.17) is 4.74 Å². The molecule has 0 atom stereocenters. The Morgan fingerprint density at radius 2 is 1.93 bits per heavy atom. The van der Waals surface area contributed by atoms with Crippen LogP contribution in [-0.2, 0) is 26.2 Å². The highest BCUT2D eigenvalue weighted by Gasteiger charge is 2.33. The van der Waals surface area contributed by atoms with Crippen LogP contribution >= 0.6 is 0 Å². The van der Waals surface area contributed by atoms with Gasteiger partial charge in [0.2, 0.25) is 26.0 Å². The molecule has 45 heavy (non-hydrogen) atoms. The zero-order valence-electron chi connectivity index (χ0n) is 24.4. The Morgan fingerprint density at radius 1 is 1.13 bits per heavy atom. The zero-order chi connectivity index (χ0) is 32.7. The molecule has 17 heteroatoms. The van der Waals surface area contributed by atoms with E-state index in [2.05, 4.69) is 41.9 Å². The van der Waals surface area contributed by atoms with Crippen LogP contribution in [0.2, 0.25) is 0 Å². The fraction of sp³-hybridized carbons (Fsp3) is 0.357. The van der Waals surface area contributed by atoms with Gasteiger partial charge in [0.1, 0.15) is 23.1 Å². The van der Waals surface area contributed by atoms with Gasteiger partial charge >= 0.3 is 6.18 Å². The van der Waals surface area contributed by atoms with Gasteiger partial charge in [-0.3, -0.25) is 0 Å². The number of likely N-dealkylation sites (N-methyl/N-ethyl adjacent to an activating group) is 1. The summed E-state index contributed by atoms with van der Waals surface area (Å²) in [6.07, 6.45) is -2.82. The number of anilines is 3. The van der Waals surface area contributed by atoms with Crippen molar-refractivity contribution in [2.75, 3.05) is 57.5 Å². The standard InChI is InChI=1S/C28H32F3N7O5S2/c1-38(2)15-16-43-24-11-10-21(28(29,30)31)17-25(24)45(41,42)35-13-4-3-7-20-19-33-27-36-22-8-5-9-23(18-22)44(39,40)34-14-6-12-32-26(20)37-27/h5,8-11,17-19,34-35H,4,6,12-16H2,1-2H3,(H2,32,33,36,37). The summed E-state index contributed by atoms with van der Waals surface area (Å²) in [6, 6.07) is 8.52. The molecule has 2 heterocycles. The van der Waals surface area contributed by atoms with Crippen LogP contribution < -0.4 is 24.8 Å². The number of alkyl halides is 3. The van der Waals surface area contributed by atoms with E-state index in [9.17, 15) is 30.0 Å². The first-order valence-corrected chi connectivity index (χ1v) is 16.7. The molecule has 12 nitrogen and oxygen atoms in total. The van der Waals surface area contributed by atoms with E-state index in [0.29, 0.717) is 42.6 Å². The van der Waals surface area contributed by atoms with Gasteiger partial charge in [-0.2, -0.15) is 18.2 Å². The van der Waals surface area contributed by atoms with Crippen molar-refractivity contribution in [3.8, 4) is 17.6 Å². The van der Waals surface area contributed by atoms with Crippen LogP contribution in [-0.4, -0.2) is 78.6 Å². The van der Waals surface area contributed by atoms with E-state index in [1.165, 1.54) is 18.3 Å². The fourth-order valence-corrected chi connectivity index (χ4v) is 6.28. The average Bonchev–Trinajstić information content (AvgIpc) is 2.97. The molecule has 0 saturated carbocycles. The number of hydrogen-bond donors (Lipinski definition) is 4. The third-order valence-electron chi connectivity index (χ3n) is 6.25. The molecule has 1 aliphatic rings. The highest BCUT2D eigenvalue weighted by Crippen LogP contribution is 2.34. The summed E-state index contributed by atoms with van der Waals surface area (Å²) in [5.41, 5.74) is -0.254. The van der Waals surface area contributed by atoms with Gasteiger partial charge in [0.05, 0.1) is 22.2 Å². The Kier molecular flexibility index (Phi) is 10.9. The number of halogens is 3. The Bertz CT molecular complexity index is 1790. The van der Waals surface area contributed by atoms with Crippen molar-refractivity contribution in [1.82, 2.24) is 24.3 Å². The minimum atomic E-state index is -4.74. The monoisotopic (exact) mass is 667 g/mol. The quantitative estimate of drug-likeness (QED) is 0.208. The molecular weight excluding hydrogens is 635 g/mol. The van der Waals surface area contributed by atoms with Crippen molar-refractivity contribution in [1.29, 1.82) is 0 Å². The number of hydrogen-bond acceptors (Lipinski definition) is 10. The molecule has 0 saturated heterocycles. The predicted molar refractivity (Wildman–Crippen MR) is 162 cm³/mol. The average molecular weight is 668 g/mol. The van der Waals surface area contributed by atoms with Crippen LogP contribution in [0.25, 0.3) is 0 Å². The molecule has 3 aromatic rings. The normalized spacial score (nSPS) is 14.9. The van der Waals surface area contributed by atoms with E-state index < -0.39 is 36.7 Å². The molecule has 0 aliphatic carbocycles. The topological polar surface area (TPSA) is 155 Å². The minimum Gasteiger partial charge on any atom is -0.491 e. The number of benzene rings is 2. The van der Waals surface area contributed by atoms with Gasteiger partial charge in [-0.15, -0.1) is 0 Å². The van der Waals surface area contributed by atoms with E-state index in [1.54, 1.807) is 31.1 Å². The van der Waals surface area contributed by atoms with Crippen LogP contribution in [0.1, 0.15) is 24.0 Å². The van der Waals surface area contributed by atoms with Gasteiger partial charge in [0, 0.05) is 38.3 Å². The molecule has 0 spiro atoms. The first kappa shape index (κ1) is 33.9. The number of ether oxygens (including phenoxy) is 1. The largest absolute Gasteiger partial charge is 0.491 e. The minimum absolute atomic E-state index is 0.0169. The summed E-state index contributed by atoms with van der Waals surface area (Å²) in [4.78, 5) is 9.96. The van der Waals surface area contributed by atoms with Gasteiger partial charge in [0.25, 0.3) is 0 Å². The number of nitrogens with one attached hydrogen (secondary N) is 4. The Labute approximate surface area is 259 Å². The second kappa shape index (κ2) is 14.4. The van der Waals surface area contributed by atoms with E-state index >= 15 is 0 Å². The Morgan fingerprint density at radius 3 is 2.69 bits per heavy atom. The molecule has 242 valence electrons. The lowest BCUT2D eigenvalue weighted by molar-refractivity contribution is -0.137. The Balaban J connectivity index is 1.47. The van der Waals surface area contributed by atoms with Crippen molar-refractivity contribution >= 4 is 37.5 Å². The van der Waals surface area contributed by atoms with Gasteiger partial charge < -0.3 is 20.3 Å². The van der Waals surface area contributed by atoms with Crippen molar-refractivity contribution in [3.63, 3.8) is 0 Å². The summed E-state index contributed by atoms with van der Waals surface area (Å²) in [6.45, 7) is 0.845. The van der Waals surface area contributed by atoms with Gasteiger partial charge in [-0.25, -0.2) is 31.3 Å². The number of rotatable bonds is 8. The third-order valence-corrected chi connectivity index (χ3v) is 9.19. The van der Waals surface area contributed by atoms with Gasteiger partial charge in [-0.1, -0.05) is 17.9 Å². The van der Waals surface area contributed by atoms with Crippen LogP contribution in [0.5, 0.6) is 5.75 Å². The second-order valence-electron chi connectivity index (χ2n) is 10.0. The molecule has 4 N–H and O–H groups in total. The smallest absolute Gasteiger partial charge is 0.416 e. The third kappa shape index (κ3) is 9.52. The van der Waals surface area contributed by atoms with E-state index in [1.807, 2.05) is 0 Å². The highest BCUT2D eigenvalue weighted by molar-refractivity contribution is 7.89. The number of fused-ring (bicyclic) bond motifs is 4. The maximum absolute atomic E-state index is 13.3. The van der Waals surface area contributed by atoms with Gasteiger partial charge in [-0.05, 0) is 56.9 Å². The van der Waals surface area contributed by atoms with Gasteiger partial charge in [0.15, 0.2) is 0 Å². The number of aromatic nitrogens is 2. The summed E-state index contributed by atoms with van der Waals surface area (Å²) in [5, 5.41) is 6.08. The molecule has 1 aromatic heterocycles. The van der Waals surface area contributed by atoms with Crippen LogP contribution in [0.15, 0.2) is 58.5 Å². The lowest BCUT2D eigenvalue weighted by Gasteiger charge is -2.16. The summed E-state index contributed by atoms with van der Waals surface area (Å²) < 4.78 is 102. The van der Waals surface area contributed by atoms with Crippen molar-refractivity contribution in [2.45, 2.75) is 28.8 Å². The van der Waals surface area contributed by atoms with Crippen molar-refractivity contribution < 1.29 is 34.7 Å². The van der Waals surface area contributed by atoms with Crippen LogP contribution in [0.4, 0.5) is 30.6 Å². The summed E-state index contributed by atoms with van der Waals surface area (Å²) >= 11 is 0. The molecule has 0 amide bonds. The lowest BCUT2D eigenvalue weighted by Crippen LogP contribution is -2.26. The molecule has 4 rings (SSSR count). The van der Waals surface area contributed by atoms with Crippen molar-refractivity contribution in [2.24, 2.45) is 0 Å². The predicted octanol–water partition coefficient (Wildman–Crippen LogP) is 2.99. The molecule has 4 bridgehead atoms. The highest BCUT2D eigenvalue weighted by atomic mass is 32.2. The molecular formula is C28H32F3N7O5S2. The number of sulfonamides is 2. The maximum atomic E-state index is 13.3. The molecule has 0 radical (unpaired) electrons. The molecule has 2 aromatic carbocycles. The Hall–Kier alpha value is -3.95. The fourth-order valence-electron chi connectivity index (χ4n) is 3.96. The van der Waals surface area contributed by atoms with Crippen molar-refractivity contribution in [3.05, 3.63) is 59.8 Å². The van der Waals surface area contributed by atoms with E-state index in [0.717, 1.165) is 12.1 Å².